The second-order valence-corrected chi connectivity index (χ2v) is 9.49. The molecule has 1 atom stereocenters. The summed E-state index contributed by atoms with van der Waals surface area (Å²) in [5, 5.41) is 20.9. The number of ether oxygens (including phenoxy) is 3. The molecule has 4 heterocycles. The van der Waals surface area contributed by atoms with Crippen molar-refractivity contribution in [1.29, 1.82) is 0 Å². The molecule has 2 aromatic carbocycles. The number of aromatic nitrogens is 4. The van der Waals surface area contributed by atoms with Crippen molar-refractivity contribution < 1.29 is 24.1 Å². The molecule has 0 fully saturated rings. The van der Waals surface area contributed by atoms with Crippen LogP contribution in [0, 0.1) is 0 Å². The third kappa shape index (κ3) is 4.03. The Morgan fingerprint density at radius 1 is 1.32 bits per heavy atom. The lowest BCUT2D eigenvalue weighted by Gasteiger charge is -2.24. The number of fused-ring (bicyclic) bond motifs is 2. The van der Waals surface area contributed by atoms with Gasteiger partial charge in [0.05, 0.1) is 19.4 Å². The van der Waals surface area contributed by atoms with Crippen molar-refractivity contribution in [2.75, 3.05) is 25.0 Å². The third-order valence-electron chi connectivity index (χ3n) is 6.26. The van der Waals surface area contributed by atoms with Crippen LogP contribution in [0.3, 0.4) is 0 Å². The van der Waals surface area contributed by atoms with Gasteiger partial charge in [0.1, 0.15) is 16.7 Å². The molecular weight excluding hydrogens is 512 g/mol. The smallest absolute Gasteiger partial charge is 0.348 e. The Morgan fingerprint density at radius 2 is 2.18 bits per heavy atom. The molecule has 6 rings (SSSR count). The summed E-state index contributed by atoms with van der Waals surface area (Å²) >= 11 is 1.02. The van der Waals surface area contributed by atoms with Gasteiger partial charge in [0.2, 0.25) is 0 Å². The quantitative estimate of drug-likeness (QED) is 0.210. The SMILES string of the molecule is COc1cc(C(Nc2ccc3c(N)[nH]cc3c2)c2nn(-c3ccsc3C(=O)O)c(=O)[nH]2)cc2c1OCOC2. The molecule has 12 nitrogen and oxygen atoms in total. The molecule has 0 saturated heterocycles. The first-order chi connectivity index (χ1) is 18.4. The summed E-state index contributed by atoms with van der Waals surface area (Å²) < 4.78 is 17.8. The van der Waals surface area contributed by atoms with Crippen molar-refractivity contribution in [3.05, 3.63) is 80.3 Å². The third-order valence-corrected chi connectivity index (χ3v) is 7.15. The zero-order valence-corrected chi connectivity index (χ0v) is 20.8. The molecule has 0 saturated carbocycles. The van der Waals surface area contributed by atoms with Crippen LogP contribution in [0.25, 0.3) is 16.5 Å². The Balaban J connectivity index is 1.48. The Labute approximate surface area is 218 Å². The van der Waals surface area contributed by atoms with Gasteiger partial charge in [-0.2, -0.15) is 4.68 Å². The standard InChI is InChI=1S/C25H22N6O6S/c1-35-18-8-12(6-14-10-36-11-37-20(14)18)19(28-15-2-3-16-13(7-15)9-27-22(16)26)23-29-25(34)31(30-23)17-4-5-38-21(17)24(32)33/h2-9,19,27-28H,10-11,26H2,1H3,(H,32,33)(H,29,30,34). The number of aromatic carboxylic acids is 1. The minimum Gasteiger partial charge on any atom is -0.493 e. The number of hydrogen-bond acceptors (Lipinski definition) is 9. The molecule has 5 aromatic rings. The Bertz CT molecular complexity index is 1720. The minimum atomic E-state index is -1.14. The monoisotopic (exact) mass is 534 g/mol. The van der Waals surface area contributed by atoms with Crippen LogP contribution in [0.2, 0.25) is 0 Å². The number of aromatic amines is 2. The number of carboxylic acids is 1. The van der Waals surface area contributed by atoms with E-state index in [-0.39, 0.29) is 23.2 Å². The first kappa shape index (κ1) is 23.6. The summed E-state index contributed by atoms with van der Waals surface area (Å²) in [4.78, 5) is 30.5. The number of benzene rings is 2. The fourth-order valence-electron chi connectivity index (χ4n) is 4.51. The number of nitrogens with zero attached hydrogens (tertiary/aromatic N) is 2. The predicted molar refractivity (Wildman–Crippen MR) is 140 cm³/mol. The number of carbonyl (C=O) groups is 1. The molecule has 0 aliphatic carbocycles. The summed E-state index contributed by atoms with van der Waals surface area (Å²) in [6.07, 6.45) is 1.81. The highest BCUT2D eigenvalue weighted by molar-refractivity contribution is 7.12. The topological polar surface area (TPSA) is 170 Å². The van der Waals surface area contributed by atoms with E-state index in [2.05, 4.69) is 20.4 Å². The van der Waals surface area contributed by atoms with Crippen molar-refractivity contribution >= 4 is 39.6 Å². The molecule has 13 heteroatoms. The first-order valence-electron chi connectivity index (χ1n) is 11.5. The van der Waals surface area contributed by atoms with E-state index in [0.29, 0.717) is 29.5 Å². The van der Waals surface area contributed by atoms with Crippen LogP contribution in [-0.4, -0.2) is 44.7 Å². The molecule has 194 valence electrons. The van der Waals surface area contributed by atoms with Gasteiger partial charge in [0.15, 0.2) is 24.1 Å². The van der Waals surface area contributed by atoms with Crippen molar-refractivity contribution in [3.63, 3.8) is 0 Å². The molecule has 1 aliphatic rings. The van der Waals surface area contributed by atoms with E-state index < -0.39 is 17.7 Å². The number of nitrogens with one attached hydrogen (secondary N) is 3. The molecule has 0 amide bonds. The maximum atomic E-state index is 13.0. The molecule has 0 bridgehead atoms. The van der Waals surface area contributed by atoms with E-state index in [1.54, 1.807) is 24.6 Å². The predicted octanol–water partition coefficient (Wildman–Crippen LogP) is 3.46. The Morgan fingerprint density at radius 3 is 3.00 bits per heavy atom. The summed E-state index contributed by atoms with van der Waals surface area (Å²) in [6, 6.07) is 10.3. The van der Waals surface area contributed by atoms with Crippen molar-refractivity contribution in [2.24, 2.45) is 0 Å². The van der Waals surface area contributed by atoms with Gasteiger partial charge in [0.25, 0.3) is 0 Å². The average Bonchev–Trinajstić information content (AvgIpc) is 3.65. The number of nitrogens with two attached hydrogens (primary N) is 1. The van der Waals surface area contributed by atoms with Gasteiger partial charge in [0, 0.05) is 28.2 Å². The normalized spacial score (nSPS) is 13.6. The van der Waals surface area contributed by atoms with E-state index >= 15 is 0 Å². The molecule has 3 aromatic heterocycles. The number of thiophene rings is 1. The molecule has 1 unspecified atom stereocenters. The van der Waals surface area contributed by atoms with Gasteiger partial charge >= 0.3 is 11.7 Å². The summed E-state index contributed by atoms with van der Waals surface area (Å²) in [5.41, 5.74) is 7.84. The van der Waals surface area contributed by atoms with Gasteiger partial charge in [-0.15, -0.1) is 16.4 Å². The van der Waals surface area contributed by atoms with Gasteiger partial charge in [-0.3, -0.25) is 4.98 Å². The van der Waals surface area contributed by atoms with Crippen molar-refractivity contribution in [3.8, 4) is 17.2 Å². The highest BCUT2D eigenvalue weighted by Gasteiger charge is 2.26. The zero-order chi connectivity index (χ0) is 26.4. The average molecular weight is 535 g/mol. The highest BCUT2D eigenvalue weighted by atomic mass is 32.1. The fourth-order valence-corrected chi connectivity index (χ4v) is 5.22. The fraction of sp³-hybridized carbons (Fsp3) is 0.160. The van der Waals surface area contributed by atoms with Crippen LogP contribution in [0.1, 0.15) is 32.7 Å². The van der Waals surface area contributed by atoms with E-state index in [1.165, 1.54) is 0 Å². The highest BCUT2D eigenvalue weighted by Crippen LogP contribution is 2.39. The largest absolute Gasteiger partial charge is 0.493 e. The van der Waals surface area contributed by atoms with Crippen LogP contribution < -0.4 is 26.2 Å². The van der Waals surface area contributed by atoms with E-state index in [1.807, 2.05) is 30.5 Å². The lowest BCUT2D eigenvalue weighted by atomic mass is 10.0. The second kappa shape index (κ2) is 9.28. The van der Waals surface area contributed by atoms with Crippen LogP contribution in [-0.2, 0) is 11.3 Å². The molecule has 6 N–H and O–H groups in total. The maximum Gasteiger partial charge on any atom is 0.348 e. The van der Waals surface area contributed by atoms with Crippen LogP contribution in [0.15, 0.2) is 52.8 Å². The molecule has 1 aliphatic heterocycles. The number of methoxy groups -OCH3 is 1. The van der Waals surface area contributed by atoms with Crippen LogP contribution >= 0.6 is 11.3 Å². The van der Waals surface area contributed by atoms with Crippen LogP contribution in [0.4, 0.5) is 11.5 Å². The zero-order valence-electron chi connectivity index (χ0n) is 20.0. The molecule has 0 spiro atoms. The van der Waals surface area contributed by atoms with Gasteiger partial charge in [-0.25, -0.2) is 9.59 Å². The van der Waals surface area contributed by atoms with Gasteiger partial charge in [-0.05, 0) is 47.3 Å². The number of nitrogen functional groups attached to an aromatic ring is 1. The minimum absolute atomic E-state index is 0.00917. The summed E-state index contributed by atoms with van der Waals surface area (Å²) in [5.74, 6) is 0.796. The molecule has 0 radical (unpaired) electrons. The number of H-pyrrole nitrogens is 2. The number of rotatable bonds is 7. The summed E-state index contributed by atoms with van der Waals surface area (Å²) in [7, 11) is 1.55. The number of carboxylic acid groups (broad SMARTS) is 1. The lowest BCUT2D eigenvalue weighted by molar-refractivity contribution is -0.0180. The van der Waals surface area contributed by atoms with Crippen molar-refractivity contribution in [2.45, 2.75) is 12.6 Å². The number of anilines is 2. The second-order valence-electron chi connectivity index (χ2n) is 8.57. The lowest BCUT2D eigenvalue weighted by Crippen LogP contribution is -2.18. The van der Waals surface area contributed by atoms with Crippen molar-refractivity contribution in [1.82, 2.24) is 19.7 Å². The van der Waals surface area contributed by atoms with Gasteiger partial charge in [-0.1, -0.05) is 0 Å². The van der Waals surface area contributed by atoms with E-state index in [4.69, 9.17) is 19.9 Å². The van der Waals surface area contributed by atoms with Crippen LogP contribution in [0.5, 0.6) is 11.5 Å². The Hall–Kier alpha value is -4.75. The molecule has 38 heavy (non-hydrogen) atoms. The van der Waals surface area contributed by atoms with Gasteiger partial charge < -0.3 is 35.4 Å². The van der Waals surface area contributed by atoms with E-state index in [9.17, 15) is 14.7 Å². The first-order valence-corrected chi connectivity index (χ1v) is 12.4. The summed E-state index contributed by atoms with van der Waals surface area (Å²) in [6.45, 7) is 0.442. The number of hydrogen-bond donors (Lipinski definition) is 5. The van der Waals surface area contributed by atoms with E-state index in [0.717, 1.165) is 38.0 Å². The maximum absolute atomic E-state index is 13.0. The Kier molecular flexibility index (Phi) is 5.77. The molecular formula is C25H22N6O6S.